The van der Waals surface area contributed by atoms with Crippen LogP contribution in [0.15, 0.2) is 41.5 Å². The van der Waals surface area contributed by atoms with E-state index in [1.165, 1.54) is 19.4 Å². The first-order valence-electron chi connectivity index (χ1n) is 8.05. The van der Waals surface area contributed by atoms with Crippen molar-refractivity contribution in [3.63, 3.8) is 0 Å². The molecule has 0 heterocycles. The van der Waals surface area contributed by atoms with Gasteiger partial charge in [-0.05, 0) is 36.8 Å². The highest BCUT2D eigenvalue weighted by Crippen LogP contribution is 2.28. The number of methoxy groups -OCH3 is 1. The Bertz CT molecular complexity index is 1010. The van der Waals surface area contributed by atoms with Crippen molar-refractivity contribution < 1.29 is 23.1 Å². The summed E-state index contributed by atoms with van der Waals surface area (Å²) in [6.07, 6.45) is 2.23. The largest absolute Gasteiger partial charge is 0.504 e. The van der Waals surface area contributed by atoms with E-state index in [9.17, 15) is 18.3 Å². The Morgan fingerprint density at radius 3 is 2.71 bits per heavy atom. The maximum atomic E-state index is 12.2. The number of halogens is 1. The molecule has 1 amide bonds. The highest BCUT2D eigenvalue weighted by molar-refractivity contribution is 7.92. The molecule has 0 saturated carbocycles. The second kappa shape index (κ2) is 8.94. The molecule has 2 aromatic carbocycles. The molecule has 2 rings (SSSR count). The molecule has 150 valence electrons. The number of rotatable bonds is 7. The molecular weight excluding hydrogens is 406 g/mol. The number of ether oxygens (including phenoxy) is 1. The average Bonchev–Trinajstić information content (AvgIpc) is 2.62. The summed E-state index contributed by atoms with van der Waals surface area (Å²) in [5.41, 5.74) is 3.52. The number of anilines is 1. The predicted octanol–water partition coefficient (Wildman–Crippen LogP) is 2.28. The number of carbonyl (C=O) groups excluding carboxylic acids is 1. The molecule has 10 heteroatoms. The van der Waals surface area contributed by atoms with Crippen molar-refractivity contribution in [2.75, 3.05) is 24.2 Å². The molecule has 2 N–H and O–H groups in total. The van der Waals surface area contributed by atoms with E-state index in [0.717, 1.165) is 10.6 Å². The first-order valence-corrected chi connectivity index (χ1v) is 10.3. The Balaban J connectivity index is 2.16. The molecule has 2 aromatic rings. The minimum absolute atomic E-state index is 0.129. The first-order chi connectivity index (χ1) is 13.1. The summed E-state index contributed by atoms with van der Waals surface area (Å²) < 4.78 is 30.3. The van der Waals surface area contributed by atoms with Crippen molar-refractivity contribution >= 4 is 39.4 Å². The summed E-state index contributed by atoms with van der Waals surface area (Å²) in [5.74, 6) is -0.534. The number of nitrogens with one attached hydrogen (secondary N) is 1. The maximum absolute atomic E-state index is 12.2. The van der Waals surface area contributed by atoms with Crippen molar-refractivity contribution in [1.82, 2.24) is 5.43 Å². The molecule has 0 radical (unpaired) electrons. The third-order valence-corrected chi connectivity index (χ3v) is 5.13. The van der Waals surface area contributed by atoms with Gasteiger partial charge in [-0.15, -0.1) is 0 Å². The molecule has 0 atom stereocenters. The summed E-state index contributed by atoms with van der Waals surface area (Å²) in [6.45, 7) is 1.23. The third-order valence-electron chi connectivity index (χ3n) is 3.77. The zero-order valence-electron chi connectivity index (χ0n) is 15.5. The lowest BCUT2D eigenvalue weighted by Gasteiger charge is -2.23. The van der Waals surface area contributed by atoms with E-state index < -0.39 is 22.5 Å². The quantitative estimate of drug-likeness (QED) is 0.522. The lowest BCUT2D eigenvalue weighted by Crippen LogP contribution is -2.39. The van der Waals surface area contributed by atoms with E-state index in [4.69, 9.17) is 16.3 Å². The van der Waals surface area contributed by atoms with Crippen molar-refractivity contribution in [1.29, 1.82) is 0 Å². The highest BCUT2D eigenvalue weighted by Gasteiger charge is 2.22. The van der Waals surface area contributed by atoms with Gasteiger partial charge in [0.1, 0.15) is 6.54 Å². The number of nitrogens with zero attached hydrogens (tertiary/aromatic N) is 2. The lowest BCUT2D eigenvalue weighted by atomic mass is 10.2. The van der Waals surface area contributed by atoms with E-state index in [-0.39, 0.29) is 11.5 Å². The highest BCUT2D eigenvalue weighted by atomic mass is 35.5. The standard InChI is InChI=1S/C18H20ClN3O5S/c1-12-7-8-14(19)9-15(12)22(28(3,25)26)11-17(23)21-20-10-13-5-4-6-16(27-2)18(13)24/h4-10,24H,11H2,1-3H3,(H,21,23)/b20-10-. The van der Waals surface area contributed by atoms with Crippen molar-refractivity contribution in [3.05, 3.63) is 52.5 Å². The van der Waals surface area contributed by atoms with Crippen molar-refractivity contribution in [2.45, 2.75) is 6.92 Å². The number of hydrogen-bond donors (Lipinski definition) is 2. The number of aryl methyl sites for hydroxylation is 1. The Labute approximate surface area is 168 Å². The smallest absolute Gasteiger partial charge is 0.260 e. The van der Waals surface area contributed by atoms with Gasteiger partial charge in [-0.1, -0.05) is 23.7 Å². The average molecular weight is 426 g/mol. The van der Waals surface area contributed by atoms with Gasteiger partial charge < -0.3 is 9.84 Å². The minimum Gasteiger partial charge on any atom is -0.504 e. The molecule has 0 saturated heterocycles. The summed E-state index contributed by atoms with van der Waals surface area (Å²) in [5, 5.41) is 14.1. The number of phenolic OH excluding ortho intramolecular Hbond substituents is 1. The maximum Gasteiger partial charge on any atom is 0.260 e. The minimum atomic E-state index is -3.74. The van der Waals surface area contributed by atoms with E-state index in [1.54, 1.807) is 37.3 Å². The van der Waals surface area contributed by atoms with Crippen LogP contribution in [0.3, 0.4) is 0 Å². The number of para-hydroxylation sites is 1. The van der Waals surface area contributed by atoms with Crippen LogP contribution in [0, 0.1) is 6.92 Å². The van der Waals surface area contributed by atoms with Crippen LogP contribution in [0.1, 0.15) is 11.1 Å². The number of phenols is 1. The number of carbonyl (C=O) groups is 1. The topological polar surface area (TPSA) is 108 Å². The van der Waals surface area contributed by atoms with Gasteiger partial charge in [0.25, 0.3) is 5.91 Å². The van der Waals surface area contributed by atoms with Gasteiger partial charge in [0.15, 0.2) is 11.5 Å². The molecule has 0 aliphatic carbocycles. The van der Waals surface area contributed by atoms with Crippen LogP contribution in [0.5, 0.6) is 11.5 Å². The molecule has 0 bridgehead atoms. The van der Waals surface area contributed by atoms with E-state index >= 15 is 0 Å². The lowest BCUT2D eigenvalue weighted by molar-refractivity contribution is -0.119. The number of benzene rings is 2. The van der Waals surface area contributed by atoms with E-state index in [0.29, 0.717) is 21.8 Å². The fraction of sp³-hybridized carbons (Fsp3) is 0.222. The van der Waals surface area contributed by atoms with Crippen LogP contribution < -0.4 is 14.5 Å². The number of sulfonamides is 1. The summed E-state index contributed by atoms with van der Waals surface area (Å²) in [6, 6.07) is 9.56. The predicted molar refractivity (Wildman–Crippen MR) is 109 cm³/mol. The third kappa shape index (κ3) is 5.37. The number of aromatic hydroxyl groups is 1. The van der Waals surface area contributed by atoms with Gasteiger partial charge in [-0.2, -0.15) is 5.10 Å². The van der Waals surface area contributed by atoms with Crippen LogP contribution in [0.25, 0.3) is 0 Å². The summed E-state index contributed by atoms with van der Waals surface area (Å²) >= 11 is 5.96. The van der Waals surface area contributed by atoms with Crippen LogP contribution in [-0.2, 0) is 14.8 Å². The summed E-state index contributed by atoms with van der Waals surface area (Å²) in [4.78, 5) is 12.2. The normalized spacial score (nSPS) is 11.4. The Kier molecular flexibility index (Phi) is 6.87. The van der Waals surface area contributed by atoms with Gasteiger partial charge in [0.05, 0.1) is 25.3 Å². The Hall–Kier alpha value is -2.78. The van der Waals surface area contributed by atoms with Crippen molar-refractivity contribution in [3.8, 4) is 11.5 Å². The first kappa shape index (κ1) is 21.5. The zero-order valence-corrected chi connectivity index (χ0v) is 17.1. The van der Waals surface area contributed by atoms with Crippen molar-refractivity contribution in [2.24, 2.45) is 5.10 Å². The van der Waals surface area contributed by atoms with Gasteiger partial charge in [0.2, 0.25) is 10.0 Å². The number of hydrogen-bond acceptors (Lipinski definition) is 6. The van der Waals surface area contributed by atoms with Gasteiger partial charge in [-0.3, -0.25) is 9.10 Å². The molecule has 0 aromatic heterocycles. The van der Waals surface area contributed by atoms with Crippen LogP contribution >= 0.6 is 11.6 Å². The SMILES string of the molecule is COc1cccc(/C=N\NC(=O)CN(c2cc(Cl)ccc2C)S(C)(=O)=O)c1O. The van der Waals surface area contributed by atoms with Crippen LogP contribution in [-0.4, -0.2) is 45.6 Å². The number of hydrazone groups is 1. The fourth-order valence-corrected chi connectivity index (χ4v) is 3.45. The molecule has 0 aliphatic heterocycles. The molecular formula is C18H20ClN3O5S. The molecule has 0 fully saturated rings. The van der Waals surface area contributed by atoms with Gasteiger partial charge in [0, 0.05) is 10.6 Å². The molecule has 0 aliphatic rings. The second-order valence-electron chi connectivity index (χ2n) is 5.89. The Morgan fingerprint density at radius 2 is 2.07 bits per heavy atom. The van der Waals surface area contributed by atoms with Crippen LogP contribution in [0.2, 0.25) is 5.02 Å². The van der Waals surface area contributed by atoms with E-state index in [1.807, 2.05) is 0 Å². The molecule has 0 unspecified atom stereocenters. The van der Waals surface area contributed by atoms with E-state index in [2.05, 4.69) is 10.5 Å². The number of amides is 1. The van der Waals surface area contributed by atoms with Crippen LogP contribution in [0.4, 0.5) is 5.69 Å². The molecule has 8 nitrogen and oxygen atoms in total. The monoisotopic (exact) mass is 425 g/mol. The van der Waals surface area contributed by atoms with Gasteiger partial charge >= 0.3 is 0 Å². The fourth-order valence-electron chi connectivity index (χ4n) is 2.38. The summed E-state index contributed by atoms with van der Waals surface area (Å²) in [7, 11) is -2.33. The Morgan fingerprint density at radius 1 is 1.36 bits per heavy atom. The molecule has 0 spiro atoms. The second-order valence-corrected chi connectivity index (χ2v) is 8.23. The van der Waals surface area contributed by atoms with Gasteiger partial charge in [-0.25, -0.2) is 13.8 Å². The zero-order chi connectivity index (χ0) is 20.9. The molecule has 28 heavy (non-hydrogen) atoms.